The molecule has 2 atom stereocenters. The summed E-state index contributed by atoms with van der Waals surface area (Å²) >= 11 is 11.8. The minimum Gasteiger partial charge on any atom is -0.481 e. The van der Waals surface area contributed by atoms with Crippen molar-refractivity contribution in [3.05, 3.63) is 33.8 Å². The molecule has 1 saturated heterocycles. The molecule has 6 heteroatoms. The maximum absolute atomic E-state index is 11.3. The van der Waals surface area contributed by atoms with Crippen molar-refractivity contribution >= 4 is 35.1 Å². The van der Waals surface area contributed by atoms with E-state index in [1.807, 2.05) is 0 Å². The number of nitrogens with one attached hydrogen (secondary N) is 1. The smallest absolute Gasteiger partial charge is 0.304 e. The van der Waals surface area contributed by atoms with Crippen LogP contribution in [0.1, 0.15) is 30.7 Å². The van der Waals surface area contributed by atoms with E-state index in [1.165, 1.54) is 0 Å². The van der Waals surface area contributed by atoms with Gasteiger partial charge in [-0.05, 0) is 24.1 Å². The number of carboxylic acids is 1. The fourth-order valence-corrected chi connectivity index (χ4v) is 2.67. The lowest BCUT2D eigenvalue weighted by molar-refractivity contribution is -0.137. The third-order valence-corrected chi connectivity index (χ3v) is 4.02. The Morgan fingerprint density at radius 3 is 2.68 bits per heavy atom. The van der Waals surface area contributed by atoms with E-state index in [4.69, 9.17) is 28.3 Å². The van der Waals surface area contributed by atoms with Gasteiger partial charge in [0, 0.05) is 18.4 Å². The van der Waals surface area contributed by atoms with Gasteiger partial charge in [-0.15, -0.1) is 0 Å². The monoisotopic (exact) mass is 301 g/mol. The Balaban J connectivity index is 2.28. The lowest BCUT2D eigenvalue weighted by atomic mass is 9.88. The minimum absolute atomic E-state index is 0.0413. The second kappa shape index (κ2) is 5.80. The van der Waals surface area contributed by atoms with Crippen molar-refractivity contribution < 1.29 is 14.7 Å². The standard InChI is InChI=1S/C13H13Cl2NO3/c14-9-2-1-7(5-10(9)15)8(6-13(18)19)11-3-4-12(17)16-11/h1-2,5,8,11H,3-4,6H2,(H,16,17)(H,18,19). The van der Waals surface area contributed by atoms with Crippen LogP contribution in [0, 0.1) is 0 Å². The van der Waals surface area contributed by atoms with Crippen molar-refractivity contribution in [1.82, 2.24) is 5.32 Å². The maximum atomic E-state index is 11.3. The van der Waals surface area contributed by atoms with Crippen molar-refractivity contribution in [2.24, 2.45) is 0 Å². The van der Waals surface area contributed by atoms with Gasteiger partial charge in [0.2, 0.25) is 5.91 Å². The molecule has 0 radical (unpaired) electrons. The van der Waals surface area contributed by atoms with Gasteiger partial charge in [-0.25, -0.2) is 0 Å². The number of halogens is 2. The second-order valence-corrected chi connectivity index (χ2v) is 5.40. The number of rotatable bonds is 4. The summed E-state index contributed by atoms with van der Waals surface area (Å²) in [6.07, 6.45) is 1.02. The van der Waals surface area contributed by atoms with Crippen molar-refractivity contribution in [2.75, 3.05) is 0 Å². The molecule has 1 aromatic carbocycles. The molecule has 0 aliphatic carbocycles. The van der Waals surface area contributed by atoms with Gasteiger partial charge >= 0.3 is 5.97 Å². The third-order valence-electron chi connectivity index (χ3n) is 3.28. The molecular weight excluding hydrogens is 289 g/mol. The van der Waals surface area contributed by atoms with Crippen LogP contribution < -0.4 is 5.32 Å². The molecule has 0 spiro atoms. The highest BCUT2D eigenvalue weighted by Gasteiger charge is 2.31. The van der Waals surface area contributed by atoms with E-state index in [1.54, 1.807) is 18.2 Å². The number of benzene rings is 1. The van der Waals surface area contributed by atoms with Crippen molar-refractivity contribution in [3.8, 4) is 0 Å². The van der Waals surface area contributed by atoms with Crippen LogP contribution in [-0.4, -0.2) is 23.0 Å². The van der Waals surface area contributed by atoms with Crippen LogP contribution in [-0.2, 0) is 9.59 Å². The molecule has 2 unspecified atom stereocenters. The molecule has 2 rings (SSSR count). The van der Waals surface area contributed by atoms with Crippen LogP contribution in [0.4, 0.5) is 0 Å². The summed E-state index contributed by atoms with van der Waals surface area (Å²) in [4.78, 5) is 22.3. The first kappa shape index (κ1) is 14.2. The Morgan fingerprint density at radius 1 is 1.42 bits per heavy atom. The zero-order valence-electron chi connectivity index (χ0n) is 10.0. The van der Waals surface area contributed by atoms with Gasteiger partial charge in [0.1, 0.15) is 0 Å². The first-order valence-electron chi connectivity index (χ1n) is 5.93. The van der Waals surface area contributed by atoms with Gasteiger partial charge in [-0.3, -0.25) is 9.59 Å². The molecule has 1 aromatic rings. The van der Waals surface area contributed by atoms with E-state index in [-0.39, 0.29) is 24.3 Å². The summed E-state index contributed by atoms with van der Waals surface area (Å²) in [7, 11) is 0. The Bertz CT molecular complexity index is 519. The minimum atomic E-state index is -0.905. The van der Waals surface area contributed by atoms with Crippen LogP contribution in [0.25, 0.3) is 0 Å². The fraction of sp³-hybridized carbons (Fsp3) is 0.385. The molecule has 4 nitrogen and oxygen atoms in total. The Morgan fingerprint density at radius 2 is 2.16 bits per heavy atom. The van der Waals surface area contributed by atoms with Gasteiger partial charge in [-0.1, -0.05) is 29.3 Å². The lowest BCUT2D eigenvalue weighted by Crippen LogP contribution is -2.32. The zero-order chi connectivity index (χ0) is 14.0. The van der Waals surface area contributed by atoms with E-state index in [0.717, 1.165) is 5.56 Å². The van der Waals surface area contributed by atoms with Gasteiger partial charge < -0.3 is 10.4 Å². The molecule has 102 valence electrons. The molecule has 2 N–H and O–H groups in total. The molecule has 1 heterocycles. The highest BCUT2D eigenvalue weighted by molar-refractivity contribution is 6.42. The van der Waals surface area contributed by atoms with Gasteiger partial charge in [0.25, 0.3) is 0 Å². The summed E-state index contributed by atoms with van der Waals surface area (Å²) in [6, 6.07) is 4.90. The Kier molecular flexibility index (Phi) is 4.32. The summed E-state index contributed by atoms with van der Waals surface area (Å²) in [5.41, 5.74) is 0.781. The topological polar surface area (TPSA) is 66.4 Å². The molecule has 0 aromatic heterocycles. The average molecular weight is 302 g/mol. The second-order valence-electron chi connectivity index (χ2n) is 4.59. The molecule has 1 fully saturated rings. The first-order chi connectivity index (χ1) is 8.97. The Labute approximate surface area is 120 Å². The Hall–Kier alpha value is -1.26. The number of hydrogen-bond donors (Lipinski definition) is 2. The summed E-state index contributed by atoms with van der Waals surface area (Å²) < 4.78 is 0. The normalized spacial score (nSPS) is 20.1. The predicted octanol–water partition coefficient (Wildman–Crippen LogP) is 2.83. The van der Waals surface area contributed by atoms with Gasteiger partial charge in [0.05, 0.1) is 16.5 Å². The summed E-state index contributed by atoms with van der Waals surface area (Å²) in [5, 5.41) is 12.7. The third kappa shape index (κ3) is 3.39. The highest BCUT2D eigenvalue weighted by Crippen LogP contribution is 2.32. The van der Waals surface area contributed by atoms with Crippen LogP contribution in [0.3, 0.4) is 0 Å². The van der Waals surface area contributed by atoms with Crippen LogP contribution in [0.2, 0.25) is 10.0 Å². The van der Waals surface area contributed by atoms with Crippen molar-refractivity contribution in [3.63, 3.8) is 0 Å². The number of carbonyl (C=O) groups is 2. The summed E-state index contributed by atoms with van der Waals surface area (Å²) in [5.74, 6) is -1.24. The number of amides is 1. The summed E-state index contributed by atoms with van der Waals surface area (Å²) in [6.45, 7) is 0. The largest absolute Gasteiger partial charge is 0.481 e. The van der Waals surface area contributed by atoms with Gasteiger partial charge in [0.15, 0.2) is 0 Å². The van der Waals surface area contributed by atoms with E-state index in [9.17, 15) is 9.59 Å². The van der Waals surface area contributed by atoms with Gasteiger partial charge in [-0.2, -0.15) is 0 Å². The van der Waals surface area contributed by atoms with E-state index < -0.39 is 5.97 Å². The highest BCUT2D eigenvalue weighted by atomic mass is 35.5. The molecular formula is C13H13Cl2NO3. The first-order valence-corrected chi connectivity index (χ1v) is 6.69. The predicted molar refractivity (Wildman–Crippen MR) is 72.6 cm³/mol. The van der Waals surface area contributed by atoms with E-state index >= 15 is 0 Å². The average Bonchev–Trinajstić information content (AvgIpc) is 2.76. The number of carboxylic acid groups (broad SMARTS) is 1. The van der Waals surface area contributed by atoms with Crippen molar-refractivity contribution in [1.29, 1.82) is 0 Å². The number of aliphatic carboxylic acids is 1. The quantitative estimate of drug-likeness (QED) is 0.898. The maximum Gasteiger partial charge on any atom is 0.304 e. The lowest BCUT2D eigenvalue weighted by Gasteiger charge is -2.22. The number of carbonyl (C=O) groups excluding carboxylic acids is 1. The zero-order valence-corrected chi connectivity index (χ0v) is 11.5. The molecule has 0 bridgehead atoms. The fourth-order valence-electron chi connectivity index (χ4n) is 2.36. The van der Waals surface area contributed by atoms with Crippen molar-refractivity contribution in [2.45, 2.75) is 31.2 Å². The van der Waals surface area contributed by atoms with Crippen LogP contribution in [0.5, 0.6) is 0 Å². The SMILES string of the molecule is O=C(O)CC(c1ccc(Cl)c(Cl)c1)C1CCC(=O)N1. The van der Waals surface area contributed by atoms with E-state index in [2.05, 4.69) is 5.32 Å². The molecule has 1 aliphatic rings. The number of hydrogen-bond acceptors (Lipinski definition) is 2. The molecule has 19 heavy (non-hydrogen) atoms. The van der Waals surface area contributed by atoms with Crippen LogP contribution in [0.15, 0.2) is 18.2 Å². The molecule has 1 aliphatic heterocycles. The van der Waals surface area contributed by atoms with E-state index in [0.29, 0.717) is 22.9 Å². The molecule has 1 amide bonds. The van der Waals surface area contributed by atoms with Crippen LogP contribution >= 0.6 is 23.2 Å². The molecule has 0 saturated carbocycles.